The van der Waals surface area contributed by atoms with Gasteiger partial charge in [-0.1, -0.05) is 140 Å². The molecule has 1 aliphatic heterocycles. The van der Waals surface area contributed by atoms with E-state index in [9.17, 15) is 0 Å². The number of unbranched alkanes of at least 4 members (excludes halogenated alkanes) is 18. The summed E-state index contributed by atoms with van der Waals surface area (Å²) in [6.45, 7) is 5.55. The Hall–Kier alpha value is -1.74. The van der Waals surface area contributed by atoms with Gasteiger partial charge in [-0.2, -0.15) is 0 Å². The molecule has 0 saturated heterocycles. The molecule has 0 aromatic carbocycles. The average Bonchev–Trinajstić information content (AvgIpc) is 3.44. The molecule has 0 amide bonds. The van der Waals surface area contributed by atoms with Crippen molar-refractivity contribution in [2.24, 2.45) is 0 Å². The van der Waals surface area contributed by atoms with Gasteiger partial charge in [0.2, 0.25) is 6.29 Å². The van der Waals surface area contributed by atoms with Crippen molar-refractivity contribution in [2.45, 2.75) is 193 Å². The van der Waals surface area contributed by atoms with Crippen molar-refractivity contribution in [1.82, 2.24) is 4.90 Å². The lowest BCUT2D eigenvalue weighted by atomic mass is 10.1. The highest BCUT2D eigenvalue weighted by Gasteiger charge is 2.26. The topological polar surface area (TPSA) is 21.7 Å². The molecule has 1 atom stereocenters. The monoisotopic (exact) mass is 640 g/mol. The number of hydrogen-bond donors (Lipinski definition) is 0. The van der Waals surface area contributed by atoms with Crippen molar-refractivity contribution in [3.63, 3.8) is 0 Å². The minimum absolute atomic E-state index is 0.0532. The number of allylic oxidation sites excluding steroid dienone is 9. The third kappa shape index (κ3) is 27.4. The first-order chi connectivity index (χ1) is 22.7. The van der Waals surface area contributed by atoms with Gasteiger partial charge in [0.05, 0.1) is 0 Å². The van der Waals surface area contributed by atoms with E-state index in [0.717, 1.165) is 50.2 Å². The molecule has 3 heteroatoms. The van der Waals surface area contributed by atoms with Gasteiger partial charge < -0.3 is 14.4 Å². The Labute approximate surface area is 288 Å². The predicted octanol–water partition coefficient (Wildman–Crippen LogP) is 13.9. The SMILES string of the molecule is CCCCC/C=C\C/C=C\CCCCCCCCC1=C(CCN(C)C)OC(CCCCCCCC/C=C\C/C=C\CCCCC)O1. The van der Waals surface area contributed by atoms with Crippen LogP contribution in [0.15, 0.2) is 60.1 Å². The van der Waals surface area contributed by atoms with E-state index in [0.29, 0.717) is 0 Å². The second kappa shape index (κ2) is 33.2. The van der Waals surface area contributed by atoms with E-state index in [1.165, 1.54) is 141 Å². The summed E-state index contributed by atoms with van der Waals surface area (Å²) in [5.74, 6) is 2.28. The lowest BCUT2D eigenvalue weighted by Gasteiger charge is -2.13. The molecule has 0 aromatic heterocycles. The molecular weight excluding hydrogens is 562 g/mol. The quantitative estimate of drug-likeness (QED) is 0.0527. The summed E-state index contributed by atoms with van der Waals surface area (Å²) in [5.41, 5.74) is 0. The van der Waals surface area contributed by atoms with Gasteiger partial charge in [0.25, 0.3) is 0 Å². The lowest BCUT2D eigenvalue weighted by molar-refractivity contribution is -0.0487. The molecule has 3 nitrogen and oxygen atoms in total. The molecular formula is C43H77NO2. The summed E-state index contributed by atoms with van der Waals surface area (Å²) in [6.07, 6.45) is 52.6. The molecule has 1 unspecified atom stereocenters. The summed E-state index contributed by atoms with van der Waals surface area (Å²) < 4.78 is 12.7. The molecule has 0 spiro atoms. The highest BCUT2D eigenvalue weighted by molar-refractivity contribution is 5.06. The maximum Gasteiger partial charge on any atom is 0.240 e. The van der Waals surface area contributed by atoms with Crippen LogP contribution in [0, 0.1) is 0 Å². The Kier molecular flexibility index (Phi) is 30.5. The third-order valence-corrected chi connectivity index (χ3v) is 8.89. The summed E-state index contributed by atoms with van der Waals surface area (Å²) in [5, 5.41) is 0. The van der Waals surface area contributed by atoms with Crippen LogP contribution in [0.1, 0.15) is 187 Å². The zero-order chi connectivity index (χ0) is 33.2. The summed E-state index contributed by atoms with van der Waals surface area (Å²) in [6, 6.07) is 0. The van der Waals surface area contributed by atoms with E-state index >= 15 is 0 Å². The van der Waals surface area contributed by atoms with Crippen LogP contribution in [0.25, 0.3) is 0 Å². The fraction of sp³-hybridized carbons (Fsp3) is 0.767. The Balaban J connectivity index is 2.08. The molecule has 46 heavy (non-hydrogen) atoms. The first-order valence-electron chi connectivity index (χ1n) is 20.0. The summed E-state index contributed by atoms with van der Waals surface area (Å²) in [4.78, 5) is 2.24. The molecule has 0 radical (unpaired) electrons. The van der Waals surface area contributed by atoms with Crippen molar-refractivity contribution in [3.05, 3.63) is 60.1 Å². The Morgan fingerprint density at radius 1 is 0.457 bits per heavy atom. The van der Waals surface area contributed by atoms with E-state index in [2.05, 4.69) is 81.5 Å². The first kappa shape index (κ1) is 42.3. The van der Waals surface area contributed by atoms with Gasteiger partial charge in [0, 0.05) is 25.8 Å². The minimum Gasteiger partial charge on any atom is -0.456 e. The van der Waals surface area contributed by atoms with Crippen molar-refractivity contribution < 1.29 is 9.47 Å². The minimum atomic E-state index is -0.0532. The normalized spacial score (nSPS) is 15.5. The van der Waals surface area contributed by atoms with Crippen molar-refractivity contribution >= 4 is 0 Å². The van der Waals surface area contributed by atoms with E-state index in [-0.39, 0.29) is 6.29 Å². The molecule has 266 valence electrons. The Morgan fingerprint density at radius 3 is 1.30 bits per heavy atom. The van der Waals surface area contributed by atoms with E-state index < -0.39 is 0 Å². The fourth-order valence-electron chi connectivity index (χ4n) is 5.89. The van der Waals surface area contributed by atoms with E-state index in [1.807, 2.05) is 0 Å². The Bertz CT molecular complexity index is 806. The van der Waals surface area contributed by atoms with Crippen LogP contribution in [-0.2, 0) is 9.47 Å². The molecule has 1 rings (SSSR count). The van der Waals surface area contributed by atoms with Crippen molar-refractivity contribution in [2.75, 3.05) is 20.6 Å². The van der Waals surface area contributed by atoms with Gasteiger partial charge in [-0.15, -0.1) is 0 Å². The molecule has 0 aromatic rings. The lowest BCUT2D eigenvalue weighted by Crippen LogP contribution is -2.14. The van der Waals surface area contributed by atoms with Crippen molar-refractivity contribution in [3.8, 4) is 0 Å². The number of nitrogens with zero attached hydrogens (tertiary/aromatic N) is 1. The molecule has 0 saturated carbocycles. The van der Waals surface area contributed by atoms with Crippen LogP contribution >= 0.6 is 0 Å². The van der Waals surface area contributed by atoms with Crippen LogP contribution in [0.5, 0.6) is 0 Å². The Morgan fingerprint density at radius 2 is 0.848 bits per heavy atom. The van der Waals surface area contributed by atoms with Gasteiger partial charge in [-0.25, -0.2) is 0 Å². The largest absolute Gasteiger partial charge is 0.456 e. The van der Waals surface area contributed by atoms with Gasteiger partial charge in [-0.3, -0.25) is 0 Å². The summed E-state index contributed by atoms with van der Waals surface area (Å²) in [7, 11) is 4.28. The van der Waals surface area contributed by atoms with Crippen LogP contribution < -0.4 is 0 Å². The fourth-order valence-corrected chi connectivity index (χ4v) is 5.89. The van der Waals surface area contributed by atoms with Crippen LogP contribution in [0.2, 0.25) is 0 Å². The molecule has 0 N–H and O–H groups in total. The second-order valence-corrected chi connectivity index (χ2v) is 13.8. The third-order valence-electron chi connectivity index (χ3n) is 8.89. The second-order valence-electron chi connectivity index (χ2n) is 13.8. The smallest absolute Gasteiger partial charge is 0.240 e. The van der Waals surface area contributed by atoms with Crippen molar-refractivity contribution in [1.29, 1.82) is 0 Å². The first-order valence-corrected chi connectivity index (χ1v) is 20.0. The predicted molar refractivity (Wildman–Crippen MR) is 204 cm³/mol. The molecule has 0 fully saturated rings. The zero-order valence-corrected chi connectivity index (χ0v) is 31.3. The van der Waals surface area contributed by atoms with Gasteiger partial charge >= 0.3 is 0 Å². The molecule has 0 bridgehead atoms. The van der Waals surface area contributed by atoms with Gasteiger partial charge in [0.1, 0.15) is 11.5 Å². The van der Waals surface area contributed by atoms with Crippen LogP contribution in [0.3, 0.4) is 0 Å². The number of hydrogen-bond acceptors (Lipinski definition) is 3. The molecule has 1 heterocycles. The molecule has 0 aliphatic carbocycles. The maximum atomic E-state index is 6.37. The van der Waals surface area contributed by atoms with Gasteiger partial charge in [-0.05, 0) is 91.1 Å². The summed E-state index contributed by atoms with van der Waals surface area (Å²) >= 11 is 0. The molecule has 1 aliphatic rings. The average molecular weight is 640 g/mol. The highest BCUT2D eigenvalue weighted by Crippen LogP contribution is 2.31. The maximum absolute atomic E-state index is 6.37. The standard InChI is InChI=1S/C43H77NO2/c1-5-7-9-11-13-15-17-19-21-23-25-27-29-31-33-35-37-41-42(39-40-44(3)4)46-43(45-41)38-36-34-32-30-28-26-24-22-20-18-16-14-12-10-8-6-2/h13-16,19-22,43H,5-12,17-18,23-40H2,1-4H3/b15-13-,16-14-,21-19-,22-20-. The number of ether oxygens (including phenoxy) is 2. The zero-order valence-electron chi connectivity index (χ0n) is 31.3. The number of rotatable bonds is 33. The van der Waals surface area contributed by atoms with Gasteiger partial charge in [0.15, 0.2) is 0 Å². The van der Waals surface area contributed by atoms with Crippen LogP contribution in [0.4, 0.5) is 0 Å². The van der Waals surface area contributed by atoms with Crippen LogP contribution in [-0.4, -0.2) is 31.8 Å². The van der Waals surface area contributed by atoms with E-state index in [1.54, 1.807) is 0 Å². The highest BCUT2D eigenvalue weighted by atomic mass is 16.7. The van der Waals surface area contributed by atoms with E-state index in [4.69, 9.17) is 9.47 Å².